The Bertz CT molecular complexity index is 968. The van der Waals surface area contributed by atoms with Gasteiger partial charge in [0.15, 0.2) is 17.4 Å². The van der Waals surface area contributed by atoms with Crippen LogP contribution in [-0.2, 0) is 17.8 Å². The number of aromatic nitrogens is 3. The van der Waals surface area contributed by atoms with E-state index in [4.69, 9.17) is 5.73 Å². The highest BCUT2D eigenvalue weighted by molar-refractivity contribution is 5.81. The smallest absolute Gasteiger partial charge is 0.222 e. The zero-order chi connectivity index (χ0) is 19.9. The predicted octanol–water partition coefficient (Wildman–Crippen LogP) is 0.878. The molecule has 3 aromatic rings. The molecule has 0 aliphatic heterocycles. The minimum Gasteiger partial charge on any atom is -0.369 e. The number of nitrogens with zero attached hydrogens (tertiary/aromatic N) is 4. The SMILES string of the molecule is CN=C(NCc1nnc2ccccn12)NCC(Cc1ccc(F)cc1)C(N)=O. The van der Waals surface area contributed by atoms with E-state index in [9.17, 15) is 9.18 Å². The summed E-state index contributed by atoms with van der Waals surface area (Å²) in [5.74, 6) is 0.0334. The maximum Gasteiger partial charge on any atom is 0.222 e. The molecule has 0 radical (unpaired) electrons. The second-order valence-electron chi connectivity index (χ2n) is 6.28. The standard InChI is InChI=1S/C19H22FN7O/c1-22-19(24-12-17-26-25-16-4-2-3-9-27(16)17)23-11-14(18(21)28)10-13-5-7-15(20)8-6-13/h2-9,14H,10-12H2,1H3,(H2,21,28)(H2,22,23,24). The van der Waals surface area contributed by atoms with Gasteiger partial charge in [-0.15, -0.1) is 10.2 Å². The van der Waals surface area contributed by atoms with Crippen LogP contribution in [0.4, 0.5) is 4.39 Å². The van der Waals surface area contributed by atoms with E-state index >= 15 is 0 Å². The van der Waals surface area contributed by atoms with Crippen molar-refractivity contribution in [2.45, 2.75) is 13.0 Å². The maximum absolute atomic E-state index is 13.0. The first-order valence-corrected chi connectivity index (χ1v) is 8.83. The molecule has 28 heavy (non-hydrogen) atoms. The van der Waals surface area contributed by atoms with Crippen molar-refractivity contribution < 1.29 is 9.18 Å². The van der Waals surface area contributed by atoms with Gasteiger partial charge in [-0.05, 0) is 36.2 Å². The first kappa shape index (κ1) is 19.3. The van der Waals surface area contributed by atoms with Gasteiger partial charge in [0.1, 0.15) is 5.82 Å². The number of nitrogens with two attached hydrogens (primary N) is 1. The van der Waals surface area contributed by atoms with Crippen LogP contribution in [-0.4, -0.2) is 40.1 Å². The van der Waals surface area contributed by atoms with Crippen molar-refractivity contribution in [2.75, 3.05) is 13.6 Å². The summed E-state index contributed by atoms with van der Waals surface area (Å²) < 4.78 is 14.9. The third-order valence-corrected chi connectivity index (χ3v) is 4.34. The molecule has 1 atom stereocenters. The van der Waals surface area contributed by atoms with E-state index in [1.807, 2.05) is 28.8 Å². The Morgan fingerprint density at radius 2 is 2.00 bits per heavy atom. The number of hydrogen-bond acceptors (Lipinski definition) is 4. The Balaban J connectivity index is 1.57. The molecule has 146 valence electrons. The van der Waals surface area contributed by atoms with Crippen molar-refractivity contribution >= 4 is 17.5 Å². The summed E-state index contributed by atoms with van der Waals surface area (Å²) in [5, 5.41) is 14.5. The Hall–Kier alpha value is -3.49. The van der Waals surface area contributed by atoms with Crippen LogP contribution in [0.3, 0.4) is 0 Å². The van der Waals surface area contributed by atoms with Gasteiger partial charge in [0.05, 0.1) is 12.5 Å². The number of rotatable bonds is 7. The molecule has 2 aromatic heterocycles. The number of aliphatic imine (C=N–C) groups is 1. The summed E-state index contributed by atoms with van der Waals surface area (Å²) in [7, 11) is 1.64. The molecule has 0 saturated heterocycles. The lowest BCUT2D eigenvalue weighted by Crippen LogP contribution is -2.43. The monoisotopic (exact) mass is 383 g/mol. The molecule has 0 aliphatic carbocycles. The number of nitrogens with one attached hydrogen (secondary N) is 2. The summed E-state index contributed by atoms with van der Waals surface area (Å²) in [6, 6.07) is 11.7. The highest BCUT2D eigenvalue weighted by Gasteiger charge is 2.17. The fraction of sp³-hybridized carbons (Fsp3) is 0.263. The van der Waals surface area contributed by atoms with E-state index in [1.54, 1.807) is 19.2 Å². The normalized spacial score (nSPS) is 12.7. The average molecular weight is 383 g/mol. The van der Waals surface area contributed by atoms with Gasteiger partial charge in [-0.1, -0.05) is 18.2 Å². The van der Waals surface area contributed by atoms with Gasteiger partial charge in [-0.25, -0.2) is 4.39 Å². The molecular formula is C19H22FN7O. The predicted molar refractivity (Wildman–Crippen MR) is 104 cm³/mol. The number of amides is 1. The molecule has 1 aromatic carbocycles. The fourth-order valence-corrected chi connectivity index (χ4v) is 2.79. The molecule has 1 amide bonds. The first-order chi connectivity index (χ1) is 13.6. The summed E-state index contributed by atoms with van der Waals surface area (Å²) in [5.41, 5.74) is 7.12. The summed E-state index contributed by atoms with van der Waals surface area (Å²) >= 11 is 0. The lowest BCUT2D eigenvalue weighted by Gasteiger charge is -2.17. The number of carbonyl (C=O) groups excluding carboxylic acids is 1. The zero-order valence-electron chi connectivity index (χ0n) is 15.5. The van der Waals surface area contributed by atoms with E-state index < -0.39 is 11.8 Å². The Labute approximate surface area is 161 Å². The minimum atomic E-state index is -0.460. The van der Waals surface area contributed by atoms with Gasteiger partial charge in [0, 0.05) is 19.8 Å². The second kappa shape index (κ2) is 8.94. The number of fused-ring (bicyclic) bond motifs is 1. The molecule has 0 saturated carbocycles. The summed E-state index contributed by atoms with van der Waals surface area (Å²) in [6.07, 6.45) is 2.29. The minimum absolute atomic E-state index is 0.299. The van der Waals surface area contributed by atoms with Gasteiger partial charge in [0.2, 0.25) is 5.91 Å². The fourth-order valence-electron chi connectivity index (χ4n) is 2.79. The number of hydrogen-bond donors (Lipinski definition) is 3. The molecule has 0 spiro atoms. The first-order valence-electron chi connectivity index (χ1n) is 8.83. The third-order valence-electron chi connectivity index (χ3n) is 4.34. The van der Waals surface area contributed by atoms with E-state index in [-0.39, 0.29) is 5.82 Å². The molecule has 8 nitrogen and oxygen atoms in total. The van der Waals surface area contributed by atoms with Crippen LogP contribution in [0, 0.1) is 11.7 Å². The maximum atomic E-state index is 13.0. The van der Waals surface area contributed by atoms with Crippen LogP contribution in [0.15, 0.2) is 53.7 Å². The van der Waals surface area contributed by atoms with Crippen molar-refractivity contribution in [1.29, 1.82) is 0 Å². The molecule has 0 fully saturated rings. The van der Waals surface area contributed by atoms with Crippen molar-refractivity contribution in [3.8, 4) is 0 Å². The molecule has 1 unspecified atom stereocenters. The van der Waals surface area contributed by atoms with E-state index in [0.717, 1.165) is 17.0 Å². The van der Waals surface area contributed by atoms with Crippen molar-refractivity contribution in [2.24, 2.45) is 16.6 Å². The van der Waals surface area contributed by atoms with Crippen LogP contribution < -0.4 is 16.4 Å². The lowest BCUT2D eigenvalue weighted by atomic mass is 9.98. The number of carbonyl (C=O) groups is 1. The number of primary amides is 1. The molecular weight excluding hydrogens is 361 g/mol. The van der Waals surface area contributed by atoms with Crippen molar-refractivity contribution in [1.82, 2.24) is 25.2 Å². The highest BCUT2D eigenvalue weighted by atomic mass is 19.1. The summed E-state index contributed by atoms with van der Waals surface area (Å²) in [4.78, 5) is 15.9. The number of guanidine groups is 1. The Morgan fingerprint density at radius 1 is 1.21 bits per heavy atom. The van der Waals surface area contributed by atoms with Gasteiger partial charge in [-0.2, -0.15) is 0 Å². The van der Waals surface area contributed by atoms with E-state index in [1.165, 1.54) is 12.1 Å². The molecule has 0 aliphatic rings. The van der Waals surface area contributed by atoms with Crippen molar-refractivity contribution in [3.63, 3.8) is 0 Å². The van der Waals surface area contributed by atoms with Crippen LogP contribution >= 0.6 is 0 Å². The molecule has 9 heteroatoms. The Morgan fingerprint density at radius 3 is 2.71 bits per heavy atom. The van der Waals surface area contributed by atoms with Crippen molar-refractivity contribution in [3.05, 3.63) is 65.9 Å². The molecule has 3 rings (SSSR count). The zero-order valence-corrected chi connectivity index (χ0v) is 15.5. The average Bonchev–Trinajstić information content (AvgIpc) is 3.11. The van der Waals surface area contributed by atoms with Gasteiger partial charge in [-0.3, -0.25) is 14.2 Å². The van der Waals surface area contributed by atoms with E-state index in [2.05, 4.69) is 25.8 Å². The van der Waals surface area contributed by atoms with Crippen LogP contribution in [0.2, 0.25) is 0 Å². The van der Waals surface area contributed by atoms with E-state index in [0.29, 0.717) is 25.5 Å². The molecule has 4 N–H and O–H groups in total. The molecule has 2 heterocycles. The summed E-state index contributed by atoms with van der Waals surface area (Å²) in [6.45, 7) is 0.705. The van der Waals surface area contributed by atoms with Gasteiger partial charge >= 0.3 is 0 Å². The molecule has 0 bridgehead atoms. The van der Waals surface area contributed by atoms with Crippen LogP contribution in [0.5, 0.6) is 0 Å². The second-order valence-corrected chi connectivity index (χ2v) is 6.28. The lowest BCUT2D eigenvalue weighted by molar-refractivity contribution is -0.121. The van der Waals surface area contributed by atoms with Crippen LogP contribution in [0.1, 0.15) is 11.4 Å². The third kappa shape index (κ3) is 4.81. The Kier molecular flexibility index (Phi) is 6.15. The topological polar surface area (TPSA) is 110 Å². The number of halogens is 1. The largest absolute Gasteiger partial charge is 0.369 e. The highest BCUT2D eigenvalue weighted by Crippen LogP contribution is 2.09. The van der Waals surface area contributed by atoms with Gasteiger partial charge in [0.25, 0.3) is 0 Å². The quantitative estimate of drug-likeness (QED) is 0.414. The number of pyridine rings is 1. The van der Waals surface area contributed by atoms with Crippen LogP contribution in [0.25, 0.3) is 5.65 Å². The number of benzene rings is 1. The van der Waals surface area contributed by atoms with Gasteiger partial charge < -0.3 is 16.4 Å².